The van der Waals surface area contributed by atoms with Crippen LogP contribution in [0.1, 0.15) is 39.5 Å². The van der Waals surface area contributed by atoms with E-state index in [-0.39, 0.29) is 0 Å². The van der Waals surface area contributed by atoms with E-state index < -0.39 is 0 Å². The molecule has 0 amide bonds. The Kier molecular flexibility index (Phi) is 4.50. The van der Waals surface area contributed by atoms with Gasteiger partial charge in [-0.3, -0.25) is 0 Å². The molecule has 0 aromatic heterocycles. The molecule has 76 valence electrons. The molecule has 0 atom stereocenters. The van der Waals surface area contributed by atoms with Gasteiger partial charge in [-0.1, -0.05) is 12.8 Å². The van der Waals surface area contributed by atoms with Crippen molar-refractivity contribution in [3.63, 3.8) is 0 Å². The number of hydrogen-bond acceptors (Lipinski definition) is 1. The van der Waals surface area contributed by atoms with Crippen LogP contribution in [0.25, 0.3) is 0 Å². The zero-order valence-electron chi connectivity index (χ0n) is 8.60. The van der Waals surface area contributed by atoms with Gasteiger partial charge in [-0.15, -0.1) is 0 Å². The van der Waals surface area contributed by atoms with Gasteiger partial charge in [-0.25, -0.2) is 0 Å². The van der Waals surface area contributed by atoms with E-state index in [1.54, 1.807) is 0 Å². The van der Waals surface area contributed by atoms with Crippen molar-refractivity contribution >= 4 is 17.3 Å². The van der Waals surface area contributed by atoms with Gasteiger partial charge in [0.2, 0.25) is 0 Å². The molecular formula is C10H20N2S. The van der Waals surface area contributed by atoms with Crippen molar-refractivity contribution in [2.24, 2.45) is 5.92 Å². The lowest BCUT2D eigenvalue weighted by Gasteiger charge is -2.15. The maximum absolute atomic E-state index is 5.14. The Balaban J connectivity index is 2.07. The Labute approximate surface area is 86.5 Å². The third kappa shape index (κ3) is 4.46. The molecule has 1 aliphatic carbocycles. The van der Waals surface area contributed by atoms with Crippen LogP contribution in [0, 0.1) is 5.92 Å². The fourth-order valence-electron chi connectivity index (χ4n) is 1.76. The zero-order valence-corrected chi connectivity index (χ0v) is 9.41. The monoisotopic (exact) mass is 200 g/mol. The van der Waals surface area contributed by atoms with Crippen molar-refractivity contribution < 1.29 is 0 Å². The lowest BCUT2D eigenvalue weighted by atomic mass is 10.1. The first kappa shape index (κ1) is 10.8. The minimum absolute atomic E-state index is 0.434. The molecule has 2 N–H and O–H groups in total. The molecule has 0 aliphatic heterocycles. The highest BCUT2D eigenvalue weighted by Crippen LogP contribution is 2.23. The van der Waals surface area contributed by atoms with Crippen LogP contribution in [-0.2, 0) is 0 Å². The fraction of sp³-hybridized carbons (Fsp3) is 0.900. The molecule has 3 heteroatoms. The van der Waals surface area contributed by atoms with E-state index in [4.69, 9.17) is 12.2 Å². The van der Waals surface area contributed by atoms with E-state index >= 15 is 0 Å². The fourth-order valence-corrected chi connectivity index (χ4v) is 2.08. The summed E-state index contributed by atoms with van der Waals surface area (Å²) in [7, 11) is 0. The van der Waals surface area contributed by atoms with Gasteiger partial charge in [0.25, 0.3) is 0 Å². The third-order valence-electron chi connectivity index (χ3n) is 2.45. The molecule has 0 aromatic carbocycles. The van der Waals surface area contributed by atoms with Gasteiger partial charge in [0, 0.05) is 12.6 Å². The second-order valence-electron chi connectivity index (χ2n) is 4.16. The Morgan fingerprint density at radius 1 is 1.38 bits per heavy atom. The highest BCUT2D eigenvalue weighted by Gasteiger charge is 2.14. The molecular weight excluding hydrogens is 180 g/mol. The molecule has 2 nitrogen and oxygen atoms in total. The Bertz CT molecular complexity index is 162. The maximum atomic E-state index is 5.14. The summed E-state index contributed by atoms with van der Waals surface area (Å²) in [6.45, 7) is 5.26. The van der Waals surface area contributed by atoms with Crippen molar-refractivity contribution in [3.05, 3.63) is 0 Å². The molecule has 1 rings (SSSR count). The van der Waals surface area contributed by atoms with E-state index in [1.807, 2.05) is 0 Å². The summed E-state index contributed by atoms with van der Waals surface area (Å²) in [5, 5.41) is 7.27. The molecule has 0 bridgehead atoms. The Morgan fingerprint density at radius 2 is 2.00 bits per heavy atom. The molecule has 0 aromatic rings. The van der Waals surface area contributed by atoms with Crippen molar-refractivity contribution in [3.8, 4) is 0 Å². The number of hydrogen-bond donors (Lipinski definition) is 2. The second-order valence-corrected chi connectivity index (χ2v) is 4.57. The minimum Gasteiger partial charge on any atom is -0.362 e. The lowest BCUT2D eigenvalue weighted by molar-refractivity contribution is 0.531. The largest absolute Gasteiger partial charge is 0.362 e. The predicted octanol–water partition coefficient (Wildman–Crippen LogP) is 2.05. The standard InChI is InChI=1S/C10H20N2S/c1-8(2)12-10(13)11-7-9-5-3-4-6-9/h8-9H,3-7H2,1-2H3,(H2,11,12,13). The summed E-state index contributed by atoms with van der Waals surface area (Å²) in [5.74, 6) is 0.854. The van der Waals surface area contributed by atoms with Crippen LogP contribution in [0.15, 0.2) is 0 Å². The summed E-state index contributed by atoms with van der Waals surface area (Å²) in [4.78, 5) is 0. The van der Waals surface area contributed by atoms with Crippen molar-refractivity contribution in [2.45, 2.75) is 45.6 Å². The molecule has 0 spiro atoms. The first-order valence-corrected chi connectivity index (χ1v) is 5.63. The first-order valence-electron chi connectivity index (χ1n) is 5.23. The topological polar surface area (TPSA) is 24.1 Å². The van der Waals surface area contributed by atoms with E-state index in [2.05, 4.69) is 24.5 Å². The summed E-state index contributed by atoms with van der Waals surface area (Å²) >= 11 is 5.14. The number of nitrogens with one attached hydrogen (secondary N) is 2. The van der Waals surface area contributed by atoms with E-state index in [0.717, 1.165) is 17.6 Å². The SMILES string of the molecule is CC(C)NC(=S)NCC1CCCC1. The highest BCUT2D eigenvalue weighted by atomic mass is 32.1. The van der Waals surface area contributed by atoms with Gasteiger partial charge in [0.1, 0.15) is 0 Å². The van der Waals surface area contributed by atoms with Gasteiger partial charge < -0.3 is 10.6 Å². The maximum Gasteiger partial charge on any atom is 0.166 e. The van der Waals surface area contributed by atoms with E-state index in [9.17, 15) is 0 Å². The molecule has 1 aliphatic rings. The van der Waals surface area contributed by atoms with Crippen LogP contribution in [-0.4, -0.2) is 17.7 Å². The second kappa shape index (κ2) is 5.43. The van der Waals surface area contributed by atoms with Crippen LogP contribution in [0.2, 0.25) is 0 Å². The third-order valence-corrected chi connectivity index (χ3v) is 2.71. The highest BCUT2D eigenvalue weighted by molar-refractivity contribution is 7.80. The molecule has 0 heterocycles. The van der Waals surface area contributed by atoms with Crippen molar-refractivity contribution in [2.75, 3.05) is 6.54 Å². The molecule has 1 fully saturated rings. The van der Waals surface area contributed by atoms with Crippen molar-refractivity contribution in [1.82, 2.24) is 10.6 Å². The van der Waals surface area contributed by atoms with E-state index in [0.29, 0.717) is 6.04 Å². The summed E-state index contributed by atoms with van der Waals surface area (Å²) < 4.78 is 0. The van der Waals surface area contributed by atoms with Crippen LogP contribution < -0.4 is 10.6 Å². The van der Waals surface area contributed by atoms with Crippen LogP contribution in [0.3, 0.4) is 0 Å². The quantitative estimate of drug-likeness (QED) is 0.682. The Hall–Kier alpha value is -0.310. The Morgan fingerprint density at radius 3 is 2.54 bits per heavy atom. The van der Waals surface area contributed by atoms with Crippen LogP contribution in [0.5, 0.6) is 0 Å². The van der Waals surface area contributed by atoms with E-state index in [1.165, 1.54) is 25.7 Å². The van der Waals surface area contributed by atoms with Gasteiger partial charge in [-0.05, 0) is 44.8 Å². The van der Waals surface area contributed by atoms with Gasteiger partial charge in [-0.2, -0.15) is 0 Å². The summed E-state index contributed by atoms with van der Waals surface area (Å²) in [6.07, 6.45) is 5.54. The van der Waals surface area contributed by atoms with Gasteiger partial charge in [0.05, 0.1) is 0 Å². The molecule has 0 unspecified atom stereocenters. The first-order chi connectivity index (χ1) is 6.18. The van der Waals surface area contributed by atoms with Crippen LogP contribution >= 0.6 is 12.2 Å². The molecule has 0 saturated heterocycles. The predicted molar refractivity (Wildman–Crippen MR) is 60.8 cm³/mol. The average molecular weight is 200 g/mol. The van der Waals surface area contributed by atoms with Gasteiger partial charge in [0.15, 0.2) is 5.11 Å². The number of thiocarbonyl (C=S) groups is 1. The average Bonchev–Trinajstić information content (AvgIpc) is 2.51. The number of rotatable bonds is 3. The minimum atomic E-state index is 0.434. The normalized spacial score (nSPS) is 17.8. The van der Waals surface area contributed by atoms with Crippen LogP contribution in [0.4, 0.5) is 0 Å². The van der Waals surface area contributed by atoms with Gasteiger partial charge >= 0.3 is 0 Å². The smallest absolute Gasteiger partial charge is 0.166 e. The zero-order chi connectivity index (χ0) is 9.68. The molecule has 1 saturated carbocycles. The molecule has 0 radical (unpaired) electrons. The molecule has 13 heavy (non-hydrogen) atoms. The lowest BCUT2D eigenvalue weighted by Crippen LogP contribution is -2.40. The summed E-state index contributed by atoms with van der Waals surface area (Å²) in [6, 6.07) is 0.434. The van der Waals surface area contributed by atoms with Crippen molar-refractivity contribution in [1.29, 1.82) is 0 Å². The summed E-state index contributed by atoms with van der Waals surface area (Å²) in [5.41, 5.74) is 0.